The highest BCUT2D eigenvalue weighted by Crippen LogP contribution is 2.11. The number of carbonyl (C=O) groups is 3. The van der Waals surface area contributed by atoms with Crippen molar-refractivity contribution < 1.29 is 23.9 Å². The summed E-state index contributed by atoms with van der Waals surface area (Å²) >= 11 is 0. The number of unbranched alkanes of at least 4 members (excludes halogenated alkanes) is 7. The van der Waals surface area contributed by atoms with Gasteiger partial charge in [-0.15, -0.1) is 0 Å². The molecule has 0 rings (SSSR count). The van der Waals surface area contributed by atoms with E-state index in [0.29, 0.717) is 57.9 Å². The van der Waals surface area contributed by atoms with Crippen LogP contribution < -0.4 is 0 Å². The van der Waals surface area contributed by atoms with Gasteiger partial charge < -0.3 is 14.3 Å². The van der Waals surface area contributed by atoms with Crippen LogP contribution >= 0.6 is 0 Å². The lowest BCUT2D eigenvalue weighted by molar-refractivity contribution is -0.120. The van der Waals surface area contributed by atoms with E-state index in [2.05, 4.69) is 0 Å². The molecule has 0 radical (unpaired) electrons. The van der Waals surface area contributed by atoms with Gasteiger partial charge >= 0.3 is 0 Å². The van der Waals surface area contributed by atoms with E-state index in [1.807, 2.05) is 6.92 Å². The molecule has 0 aliphatic heterocycles. The number of hydrogen-bond acceptors (Lipinski definition) is 5. The Morgan fingerprint density at radius 3 is 1.61 bits per heavy atom. The van der Waals surface area contributed by atoms with Gasteiger partial charge in [0.1, 0.15) is 17.3 Å². The molecule has 0 N–H and O–H groups in total. The number of hydrogen-bond donors (Lipinski definition) is 0. The van der Waals surface area contributed by atoms with E-state index in [0.717, 1.165) is 38.5 Å². The molecule has 0 atom stereocenters. The molecule has 0 spiro atoms. The first-order valence-corrected chi connectivity index (χ1v) is 11.2. The van der Waals surface area contributed by atoms with Gasteiger partial charge in [0.25, 0.3) is 0 Å². The summed E-state index contributed by atoms with van der Waals surface area (Å²) in [6.07, 6.45) is 13.0. The SMILES string of the molecule is CCC(=O)CCCOCCOCCC(=O)CCCCCCCCCCC(C)=O. The van der Waals surface area contributed by atoms with Crippen LogP contribution in [-0.4, -0.2) is 43.8 Å². The second-order valence-electron chi connectivity index (χ2n) is 7.54. The van der Waals surface area contributed by atoms with Gasteiger partial charge in [-0.2, -0.15) is 0 Å². The maximum atomic E-state index is 11.8. The van der Waals surface area contributed by atoms with Crippen LogP contribution in [0.2, 0.25) is 0 Å². The topological polar surface area (TPSA) is 69.7 Å². The molecule has 0 aromatic rings. The lowest BCUT2D eigenvalue weighted by Crippen LogP contribution is -2.09. The quantitative estimate of drug-likeness (QED) is 0.234. The summed E-state index contributed by atoms with van der Waals surface area (Å²) in [5.74, 6) is 0.850. The number of ether oxygens (including phenoxy) is 2. The van der Waals surface area contributed by atoms with Crippen LogP contribution in [0, 0.1) is 0 Å². The largest absolute Gasteiger partial charge is 0.379 e. The fraction of sp³-hybridized carbons (Fsp3) is 0.870. The second kappa shape index (κ2) is 20.7. The van der Waals surface area contributed by atoms with E-state index >= 15 is 0 Å². The standard InChI is InChI=1S/C23H42O5/c1-3-22(25)15-12-17-27-19-20-28-18-16-23(26)14-11-9-7-5-4-6-8-10-13-21(2)24/h3-20H2,1-2H3. The molecule has 0 unspecified atom stereocenters. The highest BCUT2D eigenvalue weighted by Gasteiger charge is 2.02. The minimum atomic E-state index is 0.277. The lowest BCUT2D eigenvalue weighted by atomic mass is 10.0. The molecule has 0 aromatic heterocycles. The zero-order valence-electron chi connectivity index (χ0n) is 18.3. The zero-order valence-corrected chi connectivity index (χ0v) is 18.3. The normalized spacial score (nSPS) is 10.9. The monoisotopic (exact) mass is 398 g/mol. The molecule has 0 heterocycles. The fourth-order valence-electron chi connectivity index (χ4n) is 2.94. The van der Waals surface area contributed by atoms with Crippen LogP contribution in [-0.2, 0) is 23.9 Å². The molecule has 0 amide bonds. The molecular formula is C23H42O5. The van der Waals surface area contributed by atoms with E-state index in [9.17, 15) is 14.4 Å². The van der Waals surface area contributed by atoms with E-state index in [1.165, 1.54) is 25.7 Å². The number of Topliss-reactive ketones (excluding diaryl/α,β-unsaturated/α-hetero) is 3. The lowest BCUT2D eigenvalue weighted by Gasteiger charge is -2.06. The maximum Gasteiger partial charge on any atom is 0.135 e. The molecule has 5 heteroatoms. The summed E-state index contributed by atoms with van der Waals surface area (Å²) in [4.78, 5) is 33.8. The summed E-state index contributed by atoms with van der Waals surface area (Å²) in [6, 6.07) is 0. The van der Waals surface area contributed by atoms with E-state index < -0.39 is 0 Å². The van der Waals surface area contributed by atoms with Crippen molar-refractivity contribution >= 4 is 17.3 Å². The van der Waals surface area contributed by atoms with Gasteiger partial charge in [-0.05, 0) is 26.2 Å². The van der Waals surface area contributed by atoms with Gasteiger partial charge in [-0.25, -0.2) is 0 Å². The van der Waals surface area contributed by atoms with Crippen molar-refractivity contribution in [2.24, 2.45) is 0 Å². The van der Waals surface area contributed by atoms with Crippen molar-refractivity contribution in [2.75, 3.05) is 26.4 Å². The molecule has 0 saturated carbocycles. The zero-order chi connectivity index (χ0) is 20.9. The molecule has 28 heavy (non-hydrogen) atoms. The predicted molar refractivity (Wildman–Crippen MR) is 113 cm³/mol. The smallest absolute Gasteiger partial charge is 0.135 e. The number of rotatable bonds is 22. The van der Waals surface area contributed by atoms with Crippen LogP contribution in [0.3, 0.4) is 0 Å². The molecule has 0 aliphatic rings. The van der Waals surface area contributed by atoms with Crippen LogP contribution in [0.5, 0.6) is 0 Å². The van der Waals surface area contributed by atoms with Crippen molar-refractivity contribution in [3.05, 3.63) is 0 Å². The first kappa shape index (κ1) is 26.9. The van der Waals surface area contributed by atoms with Crippen LogP contribution in [0.15, 0.2) is 0 Å². The van der Waals surface area contributed by atoms with Crippen molar-refractivity contribution in [3.8, 4) is 0 Å². The second-order valence-corrected chi connectivity index (χ2v) is 7.54. The van der Waals surface area contributed by atoms with Crippen molar-refractivity contribution in [1.82, 2.24) is 0 Å². The number of ketones is 3. The molecule has 0 fully saturated rings. The van der Waals surface area contributed by atoms with Gasteiger partial charge in [0.2, 0.25) is 0 Å². The Labute approximate surface area is 171 Å². The number of carbonyl (C=O) groups excluding carboxylic acids is 3. The highest BCUT2D eigenvalue weighted by molar-refractivity contribution is 5.78. The van der Waals surface area contributed by atoms with E-state index in [1.54, 1.807) is 6.92 Å². The molecule has 0 bridgehead atoms. The fourth-order valence-corrected chi connectivity index (χ4v) is 2.94. The van der Waals surface area contributed by atoms with Gasteiger partial charge in [-0.1, -0.05) is 45.4 Å². The minimum Gasteiger partial charge on any atom is -0.379 e. The first-order chi connectivity index (χ1) is 13.6. The molecule has 5 nitrogen and oxygen atoms in total. The minimum absolute atomic E-state index is 0.277. The van der Waals surface area contributed by atoms with Gasteiger partial charge in [-0.3, -0.25) is 9.59 Å². The summed E-state index contributed by atoms with van der Waals surface area (Å²) in [5.41, 5.74) is 0. The van der Waals surface area contributed by atoms with E-state index in [4.69, 9.17) is 9.47 Å². The van der Waals surface area contributed by atoms with Gasteiger partial charge in [0, 0.05) is 38.7 Å². The van der Waals surface area contributed by atoms with Crippen LogP contribution in [0.4, 0.5) is 0 Å². The molecule has 0 saturated heterocycles. The van der Waals surface area contributed by atoms with Crippen LogP contribution in [0.1, 0.15) is 104 Å². The van der Waals surface area contributed by atoms with Crippen molar-refractivity contribution in [3.63, 3.8) is 0 Å². The third-order valence-electron chi connectivity index (χ3n) is 4.77. The third-order valence-corrected chi connectivity index (χ3v) is 4.77. The predicted octanol–water partition coefficient (Wildman–Crippen LogP) is 5.23. The Kier molecular flexibility index (Phi) is 19.9. The average molecular weight is 399 g/mol. The Hall–Kier alpha value is -1.07. The summed E-state index contributed by atoms with van der Waals surface area (Å²) < 4.78 is 10.8. The van der Waals surface area contributed by atoms with Crippen molar-refractivity contribution in [1.29, 1.82) is 0 Å². The third kappa shape index (κ3) is 21.2. The molecule has 0 aromatic carbocycles. The van der Waals surface area contributed by atoms with Crippen LogP contribution in [0.25, 0.3) is 0 Å². The Morgan fingerprint density at radius 2 is 1.04 bits per heavy atom. The Morgan fingerprint density at radius 1 is 0.536 bits per heavy atom. The van der Waals surface area contributed by atoms with Gasteiger partial charge in [0.05, 0.1) is 19.8 Å². The Balaban J connectivity index is 3.21. The van der Waals surface area contributed by atoms with Gasteiger partial charge in [0.15, 0.2) is 0 Å². The summed E-state index contributed by atoms with van der Waals surface area (Å²) in [7, 11) is 0. The van der Waals surface area contributed by atoms with Crippen molar-refractivity contribution in [2.45, 2.75) is 104 Å². The maximum absolute atomic E-state index is 11.8. The average Bonchev–Trinajstić information content (AvgIpc) is 2.67. The summed E-state index contributed by atoms with van der Waals surface area (Å²) in [5, 5.41) is 0. The molecule has 164 valence electrons. The first-order valence-electron chi connectivity index (χ1n) is 11.2. The molecular weight excluding hydrogens is 356 g/mol. The summed E-state index contributed by atoms with van der Waals surface area (Å²) in [6.45, 7) is 5.61. The highest BCUT2D eigenvalue weighted by atomic mass is 16.5. The Bertz CT molecular complexity index is 406. The molecule has 0 aliphatic carbocycles. The van der Waals surface area contributed by atoms with E-state index in [-0.39, 0.29) is 11.6 Å².